The van der Waals surface area contributed by atoms with Gasteiger partial charge in [-0.2, -0.15) is 0 Å². The highest BCUT2D eigenvalue weighted by molar-refractivity contribution is 6.35. The van der Waals surface area contributed by atoms with Crippen LogP contribution in [0.15, 0.2) is 30.3 Å². The van der Waals surface area contributed by atoms with E-state index in [0.717, 1.165) is 18.4 Å². The lowest BCUT2D eigenvalue weighted by molar-refractivity contribution is 0.0948. The number of amides is 1. The molecule has 0 saturated heterocycles. The van der Waals surface area contributed by atoms with Crippen LogP contribution in [0.4, 0.5) is 5.82 Å². The number of carbonyl (C=O) groups excluding carboxylic acids is 1. The number of nitrogens with one attached hydrogen (secondary N) is 2. The maximum absolute atomic E-state index is 12.0. The number of benzene rings is 1. The van der Waals surface area contributed by atoms with Crippen LogP contribution in [0.25, 0.3) is 0 Å². The zero-order valence-electron chi connectivity index (χ0n) is 12.4. The fourth-order valence-electron chi connectivity index (χ4n) is 2.09. The molecular formula is C16H16Cl2N4O. The lowest BCUT2D eigenvalue weighted by Gasteiger charge is -2.07. The number of carbonyl (C=O) groups is 1. The fourth-order valence-corrected chi connectivity index (χ4v) is 2.60. The van der Waals surface area contributed by atoms with Crippen molar-refractivity contribution in [1.82, 2.24) is 15.5 Å². The summed E-state index contributed by atoms with van der Waals surface area (Å²) in [7, 11) is 0. The summed E-state index contributed by atoms with van der Waals surface area (Å²) in [6, 6.07) is 9.28. The van der Waals surface area contributed by atoms with Crippen molar-refractivity contribution in [2.24, 2.45) is 0 Å². The third-order valence-corrected chi connectivity index (χ3v) is 4.11. The highest BCUT2D eigenvalue weighted by atomic mass is 35.5. The van der Waals surface area contributed by atoms with E-state index < -0.39 is 0 Å². The van der Waals surface area contributed by atoms with Crippen LogP contribution in [0.3, 0.4) is 0 Å². The lowest BCUT2D eigenvalue weighted by atomic mass is 10.1. The summed E-state index contributed by atoms with van der Waals surface area (Å²) in [5.41, 5.74) is 1.24. The summed E-state index contributed by atoms with van der Waals surface area (Å²) < 4.78 is 0. The molecule has 1 amide bonds. The largest absolute Gasteiger partial charge is 0.366 e. The maximum Gasteiger partial charge on any atom is 0.271 e. The first-order valence-electron chi connectivity index (χ1n) is 7.44. The van der Waals surface area contributed by atoms with E-state index in [1.54, 1.807) is 24.3 Å². The van der Waals surface area contributed by atoms with Crippen LogP contribution in [-0.2, 0) is 6.42 Å². The topological polar surface area (TPSA) is 66.9 Å². The number of nitrogens with zero attached hydrogens (tertiary/aromatic N) is 2. The Balaban J connectivity index is 1.50. The molecule has 0 aliphatic heterocycles. The second-order valence-corrected chi connectivity index (χ2v) is 6.31. The molecule has 1 aromatic carbocycles. The van der Waals surface area contributed by atoms with Gasteiger partial charge >= 0.3 is 0 Å². The Morgan fingerprint density at radius 2 is 2.00 bits per heavy atom. The maximum atomic E-state index is 12.0. The van der Waals surface area contributed by atoms with E-state index in [1.807, 2.05) is 6.07 Å². The zero-order valence-corrected chi connectivity index (χ0v) is 13.9. The van der Waals surface area contributed by atoms with Gasteiger partial charge in [-0.1, -0.05) is 29.3 Å². The Hall–Kier alpha value is -1.85. The molecule has 1 aliphatic carbocycles. The SMILES string of the molecule is O=C(NCCc1ccc(Cl)cc1Cl)c1ccc(NC2CC2)nn1. The average molecular weight is 351 g/mol. The van der Waals surface area contributed by atoms with E-state index >= 15 is 0 Å². The van der Waals surface area contributed by atoms with E-state index in [2.05, 4.69) is 20.8 Å². The van der Waals surface area contributed by atoms with Gasteiger partial charge in [-0.05, 0) is 49.1 Å². The predicted molar refractivity (Wildman–Crippen MR) is 91.2 cm³/mol. The van der Waals surface area contributed by atoms with Crippen LogP contribution in [-0.4, -0.2) is 28.7 Å². The first-order chi connectivity index (χ1) is 11.1. The number of hydrogen-bond acceptors (Lipinski definition) is 4. The summed E-state index contributed by atoms with van der Waals surface area (Å²) in [5.74, 6) is 0.456. The normalized spacial score (nSPS) is 13.7. The smallest absolute Gasteiger partial charge is 0.271 e. The van der Waals surface area contributed by atoms with Crippen LogP contribution in [0.5, 0.6) is 0 Å². The van der Waals surface area contributed by atoms with Gasteiger partial charge in [0.05, 0.1) is 0 Å². The quantitative estimate of drug-likeness (QED) is 0.838. The molecule has 23 heavy (non-hydrogen) atoms. The lowest BCUT2D eigenvalue weighted by Crippen LogP contribution is -2.27. The van der Waals surface area contributed by atoms with E-state index in [-0.39, 0.29) is 5.91 Å². The minimum absolute atomic E-state index is 0.249. The van der Waals surface area contributed by atoms with E-state index in [0.29, 0.717) is 40.6 Å². The summed E-state index contributed by atoms with van der Waals surface area (Å²) in [5, 5.41) is 15.2. The highest BCUT2D eigenvalue weighted by Gasteiger charge is 2.21. The third kappa shape index (κ3) is 4.56. The van der Waals surface area contributed by atoms with Crippen LogP contribution < -0.4 is 10.6 Å². The number of anilines is 1. The predicted octanol–water partition coefficient (Wildman–Crippen LogP) is 3.33. The van der Waals surface area contributed by atoms with Crippen molar-refractivity contribution in [3.05, 3.63) is 51.6 Å². The molecule has 0 unspecified atom stereocenters. The molecule has 3 rings (SSSR count). The number of rotatable bonds is 6. The van der Waals surface area contributed by atoms with Gasteiger partial charge in [0.15, 0.2) is 5.69 Å². The standard InChI is InChI=1S/C16H16Cl2N4O/c17-11-2-1-10(13(18)9-11)7-8-19-16(23)14-5-6-15(22-21-14)20-12-3-4-12/h1-2,5-6,9,12H,3-4,7-8H2,(H,19,23)(H,20,22). The van der Waals surface area contributed by atoms with Crippen molar-refractivity contribution in [3.63, 3.8) is 0 Å². The van der Waals surface area contributed by atoms with Crippen LogP contribution in [0.1, 0.15) is 28.9 Å². The zero-order chi connectivity index (χ0) is 16.2. The Kier molecular flexibility index (Phi) is 4.98. The first-order valence-corrected chi connectivity index (χ1v) is 8.20. The summed E-state index contributed by atoms with van der Waals surface area (Å²) in [6.45, 7) is 0.462. The number of halogens is 2. The van der Waals surface area contributed by atoms with E-state index in [1.165, 1.54) is 0 Å². The third-order valence-electron chi connectivity index (χ3n) is 3.52. The highest BCUT2D eigenvalue weighted by Crippen LogP contribution is 2.23. The van der Waals surface area contributed by atoms with E-state index in [4.69, 9.17) is 23.2 Å². The minimum Gasteiger partial charge on any atom is -0.366 e. The van der Waals surface area contributed by atoms with Gasteiger partial charge < -0.3 is 10.6 Å². The second kappa shape index (κ2) is 7.15. The Morgan fingerprint density at radius 3 is 2.65 bits per heavy atom. The van der Waals surface area contributed by atoms with Crippen molar-refractivity contribution < 1.29 is 4.79 Å². The molecule has 5 nitrogen and oxygen atoms in total. The van der Waals surface area contributed by atoms with Crippen molar-refractivity contribution in [1.29, 1.82) is 0 Å². The number of hydrogen-bond donors (Lipinski definition) is 2. The Bertz CT molecular complexity index is 702. The van der Waals surface area contributed by atoms with Crippen molar-refractivity contribution in [3.8, 4) is 0 Å². The molecule has 120 valence electrons. The fraction of sp³-hybridized carbons (Fsp3) is 0.312. The summed E-state index contributed by atoms with van der Waals surface area (Å²) in [4.78, 5) is 12.0. The van der Waals surface area contributed by atoms with Crippen molar-refractivity contribution in [2.75, 3.05) is 11.9 Å². The van der Waals surface area contributed by atoms with E-state index in [9.17, 15) is 4.79 Å². The van der Waals surface area contributed by atoms with Gasteiger partial charge in [0, 0.05) is 22.6 Å². The Morgan fingerprint density at radius 1 is 1.17 bits per heavy atom. The molecule has 1 heterocycles. The molecule has 1 aromatic heterocycles. The monoisotopic (exact) mass is 350 g/mol. The summed E-state index contributed by atoms with van der Waals surface area (Å²) >= 11 is 12.0. The Labute approximate surface area is 144 Å². The van der Waals surface area contributed by atoms with Crippen LogP contribution in [0.2, 0.25) is 10.0 Å². The van der Waals surface area contributed by atoms with Gasteiger partial charge in [-0.15, -0.1) is 10.2 Å². The molecule has 2 aromatic rings. The van der Waals surface area contributed by atoms with Crippen molar-refractivity contribution in [2.45, 2.75) is 25.3 Å². The molecule has 2 N–H and O–H groups in total. The summed E-state index contributed by atoms with van der Waals surface area (Å²) in [6.07, 6.45) is 2.95. The molecule has 1 saturated carbocycles. The van der Waals surface area contributed by atoms with Gasteiger partial charge in [0.2, 0.25) is 0 Å². The molecule has 0 bridgehead atoms. The first kappa shape index (κ1) is 16.0. The molecule has 0 atom stereocenters. The average Bonchev–Trinajstić information content (AvgIpc) is 3.34. The van der Waals surface area contributed by atoms with Crippen LogP contribution >= 0.6 is 23.2 Å². The molecule has 1 fully saturated rings. The van der Waals surface area contributed by atoms with Crippen LogP contribution in [0, 0.1) is 0 Å². The molecular weight excluding hydrogens is 335 g/mol. The molecule has 0 radical (unpaired) electrons. The van der Waals surface area contributed by atoms with Gasteiger partial charge in [-0.3, -0.25) is 4.79 Å². The van der Waals surface area contributed by atoms with Gasteiger partial charge in [-0.25, -0.2) is 0 Å². The van der Waals surface area contributed by atoms with Crippen molar-refractivity contribution >= 4 is 34.9 Å². The number of aromatic nitrogens is 2. The molecule has 7 heteroatoms. The van der Waals surface area contributed by atoms with Gasteiger partial charge in [0.25, 0.3) is 5.91 Å². The van der Waals surface area contributed by atoms with Gasteiger partial charge in [0.1, 0.15) is 5.82 Å². The second-order valence-electron chi connectivity index (χ2n) is 5.46. The molecule has 0 spiro atoms. The molecule has 1 aliphatic rings. The minimum atomic E-state index is -0.249.